The maximum absolute atomic E-state index is 12.3. The largest absolute Gasteiger partial charge is 0.448 e. The molecule has 0 aliphatic carbocycles. The number of nitrogens with one attached hydrogen (secondary N) is 1. The van der Waals surface area contributed by atoms with Crippen molar-refractivity contribution < 1.29 is 14.3 Å². The SMILES string of the molecule is Cc1ccc(NC(=O)C2Cc3cc(C)ccc3C(=O)O2)cc1. The van der Waals surface area contributed by atoms with E-state index < -0.39 is 12.1 Å². The van der Waals surface area contributed by atoms with Crippen molar-refractivity contribution in [3.63, 3.8) is 0 Å². The maximum atomic E-state index is 12.3. The molecule has 4 nitrogen and oxygen atoms in total. The molecule has 0 radical (unpaired) electrons. The summed E-state index contributed by atoms with van der Waals surface area (Å²) in [6, 6.07) is 13.0. The minimum Gasteiger partial charge on any atom is -0.448 e. The lowest BCUT2D eigenvalue weighted by atomic mass is 9.96. The molecule has 0 spiro atoms. The Morgan fingerprint density at radius 1 is 1.09 bits per heavy atom. The van der Waals surface area contributed by atoms with Crippen molar-refractivity contribution in [1.29, 1.82) is 0 Å². The summed E-state index contributed by atoms with van der Waals surface area (Å²) in [6.07, 6.45) is -0.386. The van der Waals surface area contributed by atoms with E-state index in [1.807, 2.05) is 50.2 Å². The van der Waals surface area contributed by atoms with E-state index in [1.165, 1.54) is 0 Å². The molecule has 0 saturated heterocycles. The van der Waals surface area contributed by atoms with Crippen LogP contribution in [0, 0.1) is 13.8 Å². The number of anilines is 1. The average Bonchev–Trinajstić information content (AvgIpc) is 2.49. The van der Waals surface area contributed by atoms with Gasteiger partial charge >= 0.3 is 5.97 Å². The van der Waals surface area contributed by atoms with Crippen LogP contribution < -0.4 is 5.32 Å². The van der Waals surface area contributed by atoms with Gasteiger partial charge in [0.2, 0.25) is 0 Å². The van der Waals surface area contributed by atoms with Crippen LogP contribution in [0.1, 0.15) is 27.0 Å². The van der Waals surface area contributed by atoms with Crippen LogP contribution in [0.5, 0.6) is 0 Å². The molecular weight excluding hydrogens is 278 g/mol. The Kier molecular flexibility index (Phi) is 3.67. The van der Waals surface area contributed by atoms with Gasteiger partial charge in [-0.1, -0.05) is 35.4 Å². The van der Waals surface area contributed by atoms with Crippen molar-refractivity contribution in [3.8, 4) is 0 Å². The lowest BCUT2D eigenvalue weighted by Crippen LogP contribution is -2.38. The highest BCUT2D eigenvalue weighted by molar-refractivity contribution is 6.00. The number of amides is 1. The van der Waals surface area contributed by atoms with Crippen molar-refractivity contribution in [2.24, 2.45) is 0 Å². The second kappa shape index (κ2) is 5.64. The number of esters is 1. The van der Waals surface area contributed by atoms with Crippen molar-refractivity contribution in [1.82, 2.24) is 0 Å². The molecule has 22 heavy (non-hydrogen) atoms. The summed E-state index contributed by atoms with van der Waals surface area (Å²) >= 11 is 0. The van der Waals surface area contributed by atoms with Gasteiger partial charge in [0, 0.05) is 12.1 Å². The van der Waals surface area contributed by atoms with Gasteiger partial charge in [0.25, 0.3) is 5.91 Å². The summed E-state index contributed by atoms with van der Waals surface area (Å²) in [7, 11) is 0. The van der Waals surface area contributed by atoms with Crippen molar-refractivity contribution in [3.05, 3.63) is 64.7 Å². The summed E-state index contributed by atoms with van der Waals surface area (Å²) in [5.74, 6) is -0.741. The van der Waals surface area contributed by atoms with Gasteiger partial charge in [-0.15, -0.1) is 0 Å². The number of carbonyl (C=O) groups excluding carboxylic acids is 2. The molecule has 2 aromatic carbocycles. The fraction of sp³-hybridized carbons (Fsp3) is 0.222. The van der Waals surface area contributed by atoms with E-state index in [9.17, 15) is 9.59 Å². The molecule has 0 aromatic heterocycles. The molecule has 1 atom stereocenters. The zero-order chi connectivity index (χ0) is 15.7. The van der Waals surface area contributed by atoms with Crippen LogP contribution in [0.25, 0.3) is 0 Å². The Bertz CT molecular complexity index is 734. The number of carbonyl (C=O) groups is 2. The van der Waals surface area contributed by atoms with Gasteiger partial charge in [-0.05, 0) is 37.6 Å². The first-order valence-corrected chi connectivity index (χ1v) is 7.21. The normalized spacial score (nSPS) is 16.6. The Balaban J connectivity index is 1.77. The third-order valence-electron chi connectivity index (χ3n) is 3.75. The highest BCUT2D eigenvalue weighted by Crippen LogP contribution is 2.23. The van der Waals surface area contributed by atoms with Crippen LogP contribution >= 0.6 is 0 Å². The first-order valence-electron chi connectivity index (χ1n) is 7.21. The van der Waals surface area contributed by atoms with Crippen molar-refractivity contribution >= 4 is 17.6 Å². The molecule has 1 N–H and O–H groups in total. The summed E-state index contributed by atoms with van der Waals surface area (Å²) in [4.78, 5) is 24.3. The molecule has 1 unspecified atom stereocenters. The van der Waals surface area contributed by atoms with E-state index in [1.54, 1.807) is 6.07 Å². The standard InChI is InChI=1S/C18H17NO3/c1-11-3-6-14(7-4-11)19-17(20)16-10-13-9-12(2)5-8-15(13)18(21)22-16/h3-9,16H,10H2,1-2H3,(H,19,20). The lowest BCUT2D eigenvalue weighted by molar-refractivity contribution is -0.125. The minimum absolute atomic E-state index is 0.302. The fourth-order valence-electron chi connectivity index (χ4n) is 2.53. The van der Waals surface area contributed by atoms with Gasteiger partial charge < -0.3 is 10.1 Å². The van der Waals surface area contributed by atoms with Crippen LogP contribution in [-0.4, -0.2) is 18.0 Å². The molecule has 4 heteroatoms. The van der Waals surface area contributed by atoms with Gasteiger partial charge in [0.15, 0.2) is 6.10 Å². The van der Waals surface area contributed by atoms with Crippen LogP contribution in [-0.2, 0) is 16.0 Å². The highest BCUT2D eigenvalue weighted by atomic mass is 16.5. The second-order valence-electron chi connectivity index (χ2n) is 5.61. The van der Waals surface area contributed by atoms with E-state index in [4.69, 9.17) is 4.74 Å². The zero-order valence-electron chi connectivity index (χ0n) is 12.6. The van der Waals surface area contributed by atoms with Crippen LogP contribution in [0.2, 0.25) is 0 Å². The van der Waals surface area contributed by atoms with E-state index in [0.29, 0.717) is 17.7 Å². The highest BCUT2D eigenvalue weighted by Gasteiger charge is 2.31. The molecule has 112 valence electrons. The number of rotatable bonds is 2. The summed E-state index contributed by atoms with van der Waals surface area (Å²) in [5.41, 5.74) is 4.28. The van der Waals surface area contributed by atoms with Gasteiger partial charge in [0.05, 0.1) is 5.56 Å². The van der Waals surface area contributed by atoms with E-state index in [0.717, 1.165) is 16.7 Å². The predicted octanol–water partition coefficient (Wildman–Crippen LogP) is 3.02. The molecule has 3 rings (SSSR count). The molecule has 1 aliphatic rings. The van der Waals surface area contributed by atoms with Gasteiger partial charge in [-0.2, -0.15) is 0 Å². The number of aryl methyl sites for hydroxylation is 2. The maximum Gasteiger partial charge on any atom is 0.339 e. The second-order valence-corrected chi connectivity index (χ2v) is 5.61. The lowest BCUT2D eigenvalue weighted by Gasteiger charge is -2.24. The Morgan fingerprint density at radius 2 is 1.77 bits per heavy atom. The smallest absolute Gasteiger partial charge is 0.339 e. The van der Waals surface area contributed by atoms with Crippen LogP contribution in [0.15, 0.2) is 42.5 Å². The number of cyclic esters (lactones) is 1. The Morgan fingerprint density at radius 3 is 2.50 bits per heavy atom. The van der Waals surface area contributed by atoms with Gasteiger partial charge in [-0.25, -0.2) is 4.79 Å². The molecule has 1 heterocycles. The van der Waals surface area contributed by atoms with Crippen LogP contribution in [0.3, 0.4) is 0 Å². The predicted molar refractivity (Wildman–Crippen MR) is 83.9 cm³/mol. The number of ether oxygens (including phenoxy) is 1. The topological polar surface area (TPSA) is 55.4 Å². The summed E-state index contributed by atoms with van der Waals surface area (Å²) < 4.78 is 5.26. The molecular formula is C18H17NO3. The first-order chi connectivity index (χ1) is 10.5. The van der Waals surface area contributed by atoms with Crippen LogP contribution in [0.4, 0.5) is 5.69 Å². The molecule has 0 bridgehead atoms. The Labute approximate surface area is 129 Å². The first kappa shape index (κ1) is 14.3. The minimum atomic E-state index is -0.789. The molecule has 1 aliphatic heterocycles. The van der Waals surface area contributed by atoms with E-state index >= 15 is 0 Å². The van der Waals surface area contributed by atoms with Gasteiger partial charge in [0.1, 0.15) is 0 Å². The van der Waals surface area contributed by atoms with Gasteiger partial charge in [-0.3, -0.25) is 4.79 Å². The quantitative estimate of drug-likeness (QED) is 0.866. The Hall–Kier alpha value is -2.62. The van der Waals surface area contributed by atoms with E-state index in [2.05, 4.69) is 5.32 Å². The van der Waals surface area contributed by atoms with Crippen molar-refractivity contribution in [2.45, 2.75) is 26.4 Å². The summed E-state index contributed by atoms with van der Waals surface area (Å²) in [5, 5.41) is 2.79. The molecule has 0 fully saturated rings. The third kappa shape index (κ3) is 2.86. The zero-order valence-corrected chi connectivity index (χ0v) is 12.6. The fourth-order valence-corrected chi connectivity index (χ4v) is 2.53. The number of hydrogen-bond donors (Lipinski definition) is 1. The number of hydrogen-bond acceptors (Lipinski definition) is 3. The van der Waals surface area contributed by atoms with E-state index in [-0.39, 0.29) is 5.91 Å². The third-order valence-corrected chi connectivity index (χ3v) is 3.75. The van der Waals surface area contributed by atoms with Crippen molar-refractivity contribution in [2.75, 3.05) is 5.32 Å². The number of fused-ring (bicyclic) bond motifs is 1. The number of benzene rings is 2. The molecule has 0 saturated carbocycles. The summed E-state index contributed by atoms with van der Waals surface area (Å²) in [6.45, 7) is 3.94. The molecule has 1 amide bonds. The average molecular weight is 295 g/mol. The monoisotopic (exact) mass is 295 g/mol. The molecule has 2 aromatic rings.